The van der Waals surface area contributed by atoms with Crippen molar-refractivity contribution < 1.29 is 9.18 Å². The highest BCUT2D eigenvalue weighted by molar-refractivity contribution is 5.89. The molecule has 3 N–H and O–H groups in total. The molecular formula is C14H16FN3O. The molecule has 100 valence electrons. The van der Waals surface area contributed by atoms with Crippen molar-refractivity contribution in [2.45, 2.75) is 12.8 Å². The van der Waals surface area contributed by atoms with Gasteiger partial charge in [0.25, 0.3) is 0 Å². The summed E-state index contributed by atoms with van der Waals surface area (Å²) in [5.41, 5.74) is 5.97. The molecule has 19 heavy (non-hydrogen) atoms. The van der Waals surface area contributed by atoms with Gasteiger partial charge in [0.1, 0.15) is 5.82 Å². The number of nitrogens with one attached hydrogen (secondary N) is 1. The molecule has 1 aliphatic rings. The van der Waals surface area contributed by atoms with Crippen molar-refractivity contribution in [2.75, 3.05) is 25.0 Å². The number of benzene rings is 1. The molecule has 1 heterocycles. The zero-order valence-corrected chi connectivity index (χ0v) is 10.6. The highest BCUT2D eigenvalue weighted by Gasteiger charge is 2.18. The van der Waals surface area contributed by atoms with Crippen LogP contribution >= 0.6 is 0 Å². The maximum Gasteiger partial charge on any atom is 0.321 e. The summed E-state index contributed by atoms with van der Waals surface area (Å²) in [4.78, 5) is 13.5. The molecule has 0 saturated carbocycles. The van der Waals surface area contributed by atoms with E-state index in [-0.39, 0.29) is 18.3 Å². The van der Waals surface area contributed by atoms with Gasteiger partial charge in [-0.2, -0.15) is 0 Å². The van der Waals surface area contributed by atoms with E-state index in [1.54, 1.807) is 11.0 Å². The van der Waals surface area contributed by atoms with Gasteiger partial charge in [-0.05, 0) is 31.0 Å². The molecule has 0 unspecified atom stereocenters. The van der Waals surface area contributed by atoms with Crippen molar-refractivity contribution in [2.24, 2.45) is 5.73 Å². The van der Waals surface area contributed by atoms with Crippen molar-refractivity contribution in [3.8, 4) is 11.8 Å². The molecule has 5 heteroatoms. The number of amides is 2. The van der Waals surface area contributed by atoms with Crippen LogP contribution in [0.4, 0.5) is 14.9 Å². The molecule has 0 aliphatic carbocycles. The second-order valence-electron chi connectivity index (χ2n) is 4.32. The summed E-state index contributed by atoms with van der Waals surface area (Å²) in [7, 11) is 0. The minimum absolute atomic E-state index is 0.176. The Balaban J connectivity index is 2.06. The maximum absolute atomic E-state index is 13.8. The van der Waals surface area contributed by atoms with E-state index in [9.17, 15) is 9.18 Å². The topological polar surface area (TPSA) is 58.4 Å². The molecule has 4 nitrogen and oxygen atoms in total. The van der Waals surface area contributed by atoms with Gasteiger partial charge in [0.2, 0.25) is 0 Å². The normalized spacial score (nSPS) is 13.9. The molecular weight excluding hydrogens is 245 g/mol. The fraction of sp³-hybridized carbons (Fsp3) is 0.357. The van der Waals surface area contributed by atoms with Crippen LogP contribution < -0.4 is 11.1 Å². The van der Waals surface area contributed by atoms with E-state index in [1.165, 1.54) is 12.1 Å². The van der Waals surface area contributed by atoms with Crippen molar-refractivity contribution in [3.63, 3.8) is 0 Å². The SMILES string of the molecule is NCC#Cc1ccc(NC(=O)N2CCCC2)c(F)c1. The number of rotatable bonds is 1. The van der Waals surface area contributed by atoms with Crippen LogP contribution in [-0.2, 0) is 0 Å². The fourth-order valence-corrected chi connectivity index (χ4v) is 1.96. The molecule has 1 saturated heterocycles. The number of carbonyl (C=O) groups excluding carboxylic acids is 1. The Bertz CT molecular complexity index is 527. The molecule has 0 aromatic heterocycles. The summed E-state index contributed by atoms with van der Waals surface area (Å²) >= 11 is 0. The van der Waals surface area contributed by atoms with E-state index in [2.05, 4.69) is 17.2 Å². The molecule has 1 aliphatic heterocycles. The lowest BCUT2D eigenvalue weighted by Crippen LogP contribution is -2.32. The highest BCUT2D eigenvalue weighted by atomic mass is 19.1. The van der Waals surface area contributed by atoms with Gasteiger partial charge in [-0.25, -0.2) is 9.18 Å². The molecule has 0 spiro atoms. The van der Waals surface area contributed by atoms with Crippen molar-refractivity contribution in [3.05, 3.63) is 29.6 Å². The summed E-state index contributed by atoms with van der Waals surface area (Å²) in [6.45, 7) is 1.69. The van der Waals surface area contributed by atoms with Gasteiger partial charge in [-0.15, -0.1) is 0 Å². The first-order chi connectivity index (χ1) is 9.20. The van der Waals surface area contributed by atoms with Crippen LogP contribution in [0.5, 0.6) is 0 Å². The molecule has 1 fully saturated rings. The van der Waals surface area contributed by atoms with Crippen LogP contribution in [0.1, 0.15) is 18.4 Å². The monoisotopic (exact) mass is 261 g/mol. The molecule has 0 bridgehead atoms. The first kappa shape index (κ1) is 13.4. The van der Waals surface area contributed by atoms with Gasteiger partial charge in [-0.3, -0.25) is 0 Å². The second-order valence-corrected chi connectivity index (χ2v) is 4.32. The Labute approximate surface area is 111 Å². The molecule has 1 aromatic carbocycles. The Morgan fingerprint density at radius 1 is 1.42 bits per heavy atom. The summed E-state index contributed by atoms with van der Waals surface area (Å²) in [6, 6.07) is 4.22. The molecule has 1 aromatic rings. The molecule has 0 atom stereocenters. The largest absolute Gasteiger partial charge is 0.325 e. The van der Waals surface area contributed by atoms with Crippen molar-refractivity contribution in [1.29, 1.82) is 0 Å². The van der Waals surface area contributed by atoms with Gasteiger partial charge < -0.3 is 16.0 Å². The number of urea groups is 1. The zero-order chi connectivity index (χ0) is 13.7. The summed E-state index contributed by atoms with van der Waals surface area (Å²) in [6.07, 6.45) is 2.01. The summed E-state index contributed by atoms with van der Waals surface area (Å²) < 4.78 is 13.8. The maximum atomic E-state index is 13.8. The van der Waals surface area contributed by atoms with E-state index in [1.807, 2.05) is 0 Å². The van der Waals surface area contributed by atoms with Crippen molar-refractivity contribution >= 4 is 11.7 Å². The van der Waals surface area contributed by atoms with Crippen LogP contribution in [0.3, 0.4) is 0 Å². The number of nitrogens with zero attached hydrogens (tertiary/aromatic N) is 1. The lowest BCUT2D eigenvalue weighted by atomic mass is 10.2. The fourth-order valence-electron chi connectivity index (χ4n) is 1.96. The average molecular weight is 261 g/mol. The van der Waals surface area contributed by atoms with Crippen LogP contribution in [-0.4, -0.2) is 30.6 Å². The quantitative estimate of drug-likeness (QED) is 0.757. The number of nitrogens with two attached hydrogens (primary N) is 1. The lowest BCUT2D eigenvalue weighted by Gasteiger charge is -2.16. The third kappa shape index (κ3) is 3.46. The Hall–Kier alpha value is -2.06. The Morgan fingerprint density at radius 2 is 2.16 bits per heavy atom. The first-order valence-corrected chi connectivity index (χ1v) is 6.25. The Morgan fingerprint density at radius 3 is 2.79 bits per heavy atom. The molecule has 2 amide bonds. The predicted octanol–water partition coefficient (Wildman–Crippen LogP) is 1.76. The standard InChI is InChI=1S/C14H16FN3O/c15-12-10-11(4-3-7-16)5-6-13(12)17-14(19)18-8-1-2-9-18/h5-6,10H,1-2,7-9,16H2,(H,17,19). The second kappa shape index (κ2) is 6.21. The van der Waals surface area contributed by atoms with Gasteiger partial charge in [-0.1, -0.05) is 11.8 Å². The Kier molecular flexibility index (Phi) is 4.37. The van der Waals surface area contributed by atoms with E-state index in [4.69, 9.17) is 5.73 Å². The third-order valence-electron chi connectivity index (χ3n) is 2.94. The number of anilines is 1. The molecule has 2 rings (SSSR count). The summed E-state index contributed by atoms with van der Waals surface area (Å²) in [5.74, 6) is 4.91. The number of halogens is 1. The lowest BCUT2D eigenvalue weighted by molar-refractivity contribution is 0.222. The van der Waals surface area contributed by atoms with E-state index in [0.717, 1.165) is 25.9 Å². The first-order valence-electron chi connectivity index (χ1n) is 6.25. The van der Waals surface area contributed by atoms with Gasteiger partial charge in [0.15, 0.2) is 0 Å². The van der Waals surface area contributed by atoms with E-state index >= 15 is 0 Å². The number of carbonyl (C=O) groups is 1. The molecule has 0 radical (unpaired) electrons. The summed E-state index contributed by atoms with van der Waals surface area (Å²) in [5, 5.41) is 2.57. The minimum atomic E-state index is -0.489. The van der Waals surface area contributed by atoms with Crippen LogP contribution in [0.2, 0.25) is 0 Å². The van der Waals surface area contributed by atoms with E-state index < -0.39 is 5.82 Å². The number of hydrogen-bond donors (Lipinski definition) is 2. The number of likely N-dealkylation sites (tertiary alicyclic amines) is 1. The average Bonchev–Trinajstić information content (AvgIpc) is 2.93. The number of hydrogen-bond acceptors (Lipinski definition) is 2. The smallest absolute Gasteiger partial charge is 0.321 e. The third-order valence-corrected chi connectivity index (χ3v) is 2.94. The zero-order valence-electron chi connectivity index (χ0n) is 10.6. The van der Waals surface area contributed by atoms with Gasteiger partial charge in [0, 0.05) is 18.7 Å². The minimum Gasteiger partial charge on any atom is -0.325 e. The van der Waals surface area contributed by atoms with Crippen LogP contribution in [0, 0.1) is 17.7 Å². The highest BCUT2D eigenvalue weighted by Crippen LogP contribution is 2.17. The van der Waals surface area contributed by atoms with E-state index in [0.29, 0.717) is 5.56 Å². The van der Waals surface area contributed by atoms with Crippen LogP contribution in [0.15, 0.2) is 18.2 Å². The van der Waals surface area contributed by atoms with Gasteiger partial charge >= 0.3 is 6.03 Å². The van der Waals surface area contributed by atoms with Gasteiger partial charge in [0.05, 0.1) is 12.2 Å². The predicted molar refractivity (Wildman–Crippen MR) is 72.2 cm³/mol. The van der Waals surface area contributed by atoms with Crippen molar-refractivity contribution in [1.82, 2.24) is 4.90 Å². The van der Waals surface area contributed by atoms with Crippen LogP contribution in [0.25, 0.3) is 0 Å².